The molecule has 0 N–H and O–H groups in total. The summed E-state index contributed by atoms with van der Waals surface area (Å²) in [6, 6.07) is 20.0. The first-order chi connectivity index (χ1) is 16.5. The van der Waals surface area contributed by atoms with Crippen molar-refractivity contribution in [1.82, 2.24) is 9.55 Å². The lowest BCUT2D eigenvalue weighted by atomic mass is 10.1. The van der Waals surface area contributed by atoms with Gasteiger partial charge in [0.05, 0.1) is 23.3 Å². The molecule has 7 heteroatoms. The van der Waals surface area contributed by atoms with E-state index >= 15 is 0 Å². The number of halogens is 2. The minimum absolute atomic E-state index is 0.0878. The molecule has 0 bridgehead atoms. The van der Waals surface area contributed by atoms with E-state index in [1.165, 1.54) is 11.0 Å². The van der Waals surface area contributed by atoms with Gasteiger partial charge in [0.1, 0.15) is 17.4 Å². The van der Waals surface area contributed by atoms with Crippen LogP contribution in [0.5, 0.6) is 5.75 Å². The first-order valence-electron chi connectivity index (χ1n) is 11.4. The van der Waals surface area contributed by atoms with Gasteiger partial charge < -0.3 is 14.2 Å². The Hall–Kier alpha value is -3.38. The fourth-order valence-corrected chi connectivity index (χ4v) is 4.66. The number of imidazole rings is 1. The lowest BCUT2D eigenvalue weighted by molar-refractivity contribution is -0.117. The molecular formula is C27H25ClFN3O2. The van der Waals surface area contributed by atoms with Crippen molar-refractivity contribution in [3.8, 4) is 5.75 Å². The Morgan fingerprint density at radius 3 is 2.74 bits per heavy atom. The smallest absolute Gasteiger partial charge is 0.227 e. The van der Waals surface area contributed by atoms with E-state index in [2.05, 4.69) is 4.57 Å². The SMILES string of the molecule is Cc1cc(OCCCn2c(C3CC(=O)N(c4ccccc4F)C3)nc3ccccc32)ccc1Cl. The summed E-state index contributed by atoms with van der Waals surface area (Å²) in [5.74, 6) is 1.06. The molecule has 1 saturated heterocycles. The van der Waals surface area contributed by atoms with E-state index in [0.717, 1.165) is 39.6 Å². The maximum Gasteiger partial charge on any atom is 0.227 e. The average Bonchev–Trinajstić information content (AvgIpc) is 3.40. The Morgan fingerprint density at radius 1 is 1.12 bits per heavy atom. The maximum absolute atomic E-state index is 14.3. The van der Waals surface area contributed by atoms with Crippen molar-refractivity contribution < 1.29 is 13.9 Å². The summed E-state index contributed by atoms with van der Waals surface area (Å²) in [7, 11) is 0. The number of aromatic nitrogens is 2. The van der Waals surface area contributed by atoms with Crippen LogP contribution in [-0.4, -0.2) is 28.6 Å². The van der Waals surface area contributed by atoms with Crippen molar-refractivity contribution in [3.05, 3.63) is 89.0 Å². The van der Waals surface area contributed by atoms with E-state index in [0.29, 0.717) is 31.8 Å². The largest absolute Gasteiger partial charge is 0.494 e. The number of rotatable bonds is 7. The van der Waals surface area contributed by atoms with Crippen LogP contribution in [0.25, 0.3) is 11.0 Å². The van der Waals surface area contributed by atoms with Crippen LogP contribution in [0.2, 0.25) is 5.02 Å². The summed E-state index contributed by atoms with van der Waals surface area (Å²) in [6.07, 6.45) is 1.07. The molecule has 1 aliphatic rings. The number of anilines is 1. The molecule has 0 aliphatic carbocycles. The lowest BCUT2D eigenvalue weighted by Crippen LogP contribution is -2.25. The molecule has 4 aromatic rings. The second-order valence-corrected chi connectivity index (χ2v) is 8.99. The van der Waals surface area contributed by atoms with Crippen LogP contribution < -0.4 is 9.64 Å². The molecule has 0 radical (unpaired) electrons. The topological polar surface area (TPSA) is 47.4 Å². The molecule has 2 heterocycles. The zero-order valence-electron chi connectivity index (χ0n) is 18.9. The number of aryl methyl sites for hydroxylation is 2. The number of hydrogen-bond donors (Lipinski definition) is 0. The van der Waals surface area contributed by atoms with Crippen LogP contribution in [0.15, 0.2) is 66.7 Å². The van der Waals surface area contributed by atoms with Gasteiger partial charge in [0, 0.05) is 30.5 Å². The first kappa shape index (κ1) is 22.4. The summed E-state index contributed by atoms with van der Waals surface area (Å²) in [5, 5.41) is 0.720. The summed E-state index contributed by atoms with van der Waals surface area (Å²) >= 11 is 6.10. The Labute approximate surface area is 202 Å². The molecular weight excluding hydrogens is 453 g/mol. The number of para-hydroxylation sites is 3. The molecule has 0 saturated carbocycles. The number of benzene rings is 3. The van der Waals surface area contributed by atoms with E-state index in [-0.39, 0.29) is 17.6 Å². The summed E-state index contributed by atoms with van der Waals surface area (Å²) in [6.45, 7) is 3.60. The predicted octanol–water partition coefficient (Wildman–Crippen LogP) is 6.13. The molecule has 3 aromatic carbocycles. The number of carbonyl (C=O) groups excluding carboxylic acids is 1. The Balaban J connectivity index is 1.34. The normalized spacial score (nSPS) is 15.9. The molecule has 1 amide bonds. The molecule has 1 atom stereocenters. The zero-order chi connectivity index (χ0) is 23.7. The Morgan fingerprint density at radius 2 is 1.91 bits per heavy atom. The zero-order valence-corrected chi connectivity index (χ0v) is 19.6. The third-order valence-corrected chi connectivity index (χ3v) is 6.67. The van der Waals surface area contributed by atoms with Crippen LogP contribution in [0.3, 0.4) is 0 Å². The van der Waals surface area contributed by atoms with Crippen molar-refractivity contribution in [2.45, 2.75) is 32.2 Å². The van der Waals surface area contributed by atoms with Crippen LogP contribution in [0.1, 0.15) is 30.1 Å². The van der Waals surface area contributed by atoms with Crippen LogP contribution in [0.4, 0.5) is 10.1 Å². The Bertz CT molecular complexity index is 1350. The standard InChI is InChI=1S/C27H25ClFN3O2/c1-18-15-20(11-12-21(18)28)34-14-6-13-31-25-10-5-3-8-23(25)30-27(31)19-16-26(33)32(17-19)24-9-4-2-7-22(24)29/h2-5,7-12,15,19H,6,13-14,16-17H2,1H3. The van der Waals surface area contributed by atoms with Crippen LogP contribution >= 0.6 is 11.6 Å². The van der Waals surface area contributed by atoms with E-state index in [1.54, 1.807) is 18.2 Å². The summed E-state index contributed by atoms with van der Waals surface area (Å²) in [4.78, 5) is 19.2. The van der Waals surface area contributed by atoms with E-state index < -0.39 is 0 Å². The van der Waals surface area contributed by atoms with Gasteiger partial charge in [-0.15, -0.1) is 0 Å². The number of fused-ring (bicyclic) bond motifs is 1. The second kappa shape index (κ2) is 9.47. The number of ether oxygens (including phenoxy) is 1. The van der Waals surface area contributed by atoms with Crippen LogP contribution in [-0.2, 0) is 11.3 Å². The second-order valence-electron chi connectivity index (χ2n) is 8.58. The van der Waals surface area contributed by atoms with Crippen molar-refractivity contribution in [2.75, 3.05) is 18.1 Å². The fraction of sp³-hybridized carbons (Fsp3) is 0.259. The Kier molecular flexibility index (Phi) is 6.24. The van der Waals surface area contributed by atoms with Gasteiger partial charge in [-0.05, 0) is 61.4 Å². The van der Waals surface area contributed by atoms with Gasteiger partial charge in [-0.2, -0.15) is 0 Å². The van der Waals surface area contributed by atoms with E-state index in [1.807, 2.05) is 49.4 Å². The van der Waals surface area contributed by atoms with Crippen molar-refractivity contribution in [2.24, 2.45) is 0 Å². The van der Waals surface area contributed by atoms with Gasteiger partial charge >= 0.3 is 0 Å². The number of hydrogen-bond acceptors (Lipinski definition) is 3. The highest BCUT2D eigenvalue weighted by Gasteiger charge is 2.35. The monoisotopic (exact) mass is 477 g/mol. The third kappa shape index (κ3) is 4.38. The molecule has 1 aromatic heterocycles. The van der Waals surface area contributed by atoms with Gasteiger partial charge in [0.25, 0.3) is 0 Å². The summed E-state index contributed by atoms with van der Waals surface area (Å²) < 4.78 is 22.4. The minimum Gasteiger partial charge on any atom is -0.494 e. The van der Waals surface area contributed by atoms with Gasteiger partial charge in [0.15, 0.2) is 0 Å². The first-order valence-corrected chi connectivity index (χ1v) is 11.8. The predicted molar refractivity (Wildman–Crippen MR) is 132 cm³/mol. The van der Waals surface area contributed by atoms with Gasteiger partial charge in [-0.25, -0.2) is 9.37 Å². The molecule has 5 nitrogen and oxygen atoms in total. The molecule has 174 valence electrons. The van der Waals surface area contributed by atoms with Gasteiger partial charge in [-0.1, -0.05) is 35.9 Å². The highest BCUT2D eigenvalue weighted by molar-refractivity contribution is 6.31. The highest BCUT2D eigenvalue weighted by Crippen LogP contribution is 2.34. The molecule has 1 aliphatic heterocycles. The molecule has 1 fully saturated rings. The van der Waals surface area contributed by atoms with Crippen molar-refractivity contribution >= 4 is 34.2 Å². The fourth-order valence-electron chi connectivity index (χ4n) is 4.54. The molecule has 34 heavy (non-hydrogen) atoms. The molecule has 5 rings (SSSR count). The van der Waals surface area contributed by atoms with Crippen molar-refractivity contribution in [3.63, 3.8) is 0 Å². The molecule has 0 spiro atoms. The number of carbonyl (C=O) groups is 1. The third-order valence-electron chi connectivity index (χ3n) is 6.24. The quantitative estimate of drug-likeness (QED) is 0.301. The number of amides is 1. The lowest BCUT2D eigenvalue weighted by Gasteiger charge is -2.18. The van der Waals surface area contributed by atoms with Gasteiger partial charge in [-0.3, -0.25) is 4.79 Å². The van der Waals surface area contributed by atoms with E-state index in [9.17, 15) is 9.18 Å². The molecule has 1 unspecified atom stereocenters. The summed E-state index contributed by atoms with van der Waals surface area (Å²) in [5.41, 5.74) is 3.22. The maximum atomic E-state index is 14.3. The van der Waals surface area contributed by atoms with Crippen molar-refractivity contribution in [1.29, 1.82) is 0 Å². The minimum atomic E-state index is -0.389. The highest BCUT2D eigenvalue weighted by atomic mass is 35.5. The van der Waals surface area contributed by atoms with E-state index in [4.69, 9.17) is 21.3 Å². The van der Waals surface area contributed by atoms with Gasteiger partial charge in [0.2, 0.25) is 5.91 Å². The number of nitrogens with zero attached hydrogens (tertiary/aromatic N) is 3. The average molecular weight is 478 g/mol. The van der Waals surface area contributed by atoms with Crippen LogP contribution in [0, 0.1) is 12.7 Å².